The van der Waals surface area contributed by atoms with Crippen LogP contribution >= 0.6 is 0 Å². The summed E-state index contributed by atoms with van der Waals surface area (Å²) in [5.74, 6) is 0. The zero-order valence-corrected chi connectivity index (χ0v) is 7.56. The largest absolute Gasteiger partial charge is 0.390 e. The maximum atomic E-state index is 3.31. The van der Waals surface area contributed by atoms with Gasteiger partial charge in [-0.05, 0) is 39.6 Å². The van der Waals surface area contributed by atoms with Gasteiger partial charge in [0.1, 0.15) is 0 Å². The fourth-order valence-electron chi connectivity index (χ4n) is 1.03. The highest BCUT2D eigenvalue weighted by Crippen LogP contribution is 2.23. The normalized spacial score (nSPS) is 16.5. The summed E-state index contributed by atoms with van der Waals surface area (Å²) in [5.41, 5.74) is 1.59. The number of hydrogen-bond acceptors (Lipinski definition) is 2. The molecule has 11 heavy (non-hydrogen) atoms. The molecule has 2 nitrogen and oxygen atoms in total. The van der Waals surface area contributed by atoms with Crippen LogP contribution in [0.1, 0.15) is 19.3 Å². The van der Waals surface area contributed by atoms with E-state index in [1.165, 1.54) is 19.3 Å². The summed E-state index contributed by atoms with van der Waals surface area (Å²) in [6, 6.07) is 0. The van der Waals surface area contributed by atoms with Crippen molar-refractivity contribution < 1.29 is 0 Å². The van der Waals surface area contributed by atoms with E-state index in [0.717, 1.165) is 13.1 Å². The first-order chi connectivity index (χ1) is 5.29. The summed E-state index contributed by atoms with van der Waals surface area (Å²) in [6.07, 6.45) is 6.21. The second kappa shape index (κ2) is 4.39. The zero-order valence-electron chi connectivity index (χ0n) is 7.56. The third-order valence-electron chi connectivity index (χ3n) is 2.01. The standard InChI is InChI=1S/C9H18N2/c1-11(2)7-6-10-8-9-4-3-5-9/h8,10H,3-7H2,1-2H3. The van der Waals surface area contributed by atoms with Crippen LogP contribution in [0.4, 0.5) is 0 Å². The van der Waals surface area contributed by atoms with Gasteiger partial charge in [0.25, 0.3) is 0 Å². The summed E-state index contributed by atoms with van der Waals surface area (Å²) in [6.45, 7) is 2.18. The van der Waals surface area contributed by atoms with Gasteiger partial charge in [-0.1, -0.05) is 5.57 Å². The second-order valence-electron chi connectivity index (χ2n) is 3.41. The van der Waals surface area contributed by atoms with Gasteiger partial charge in [0.2, 0.25) is 0 Å². The van der Waals surface area contributed by atoms with Crippen molar-refractivity contribution in [1.29, 1.82) is 0 Å². The summed E-state index contributed by atoms with van der Waals surface area (Å²) in [7, 11) is 4.19. The molecule has 0 radical (unpaired) electrons. The molecule has 1 aliphatic rings. The average molecular weight is 154 g/mol. The number of hydrogen-bond donors (Lipinski definition) is 1. The molecule has 1 rings (SSSR count). The number of likely N-dealkylation sites (N-methyl/N-ethyl adjacent to an activating group) is 1. The average Bonchev–Trinajstić information content (AvgIpc) is 1.82. The molecule has 0 bridgehead atoms. The lowest BCUT2D eigenvalue weighted by atomic mass is 9.94. The number of nitrogens with zero attached hydrogens (tertiary/aromatic N) is 1. The molecule has 1 fully saturated rings. The Morgan fingerprint density at radius 2 is 2.18 bits per heavy atom. The Bertz CT molecular complexity index is 132. The van der Waals surface area contributed by atoms with Crippen LogP contribution in [-0.4, -0.2) is 32.1 Å². The monoisotopic (exact) mass is 154 g/mol. The van der Waals surface area contributed by atoms with E-state index < -0.39 is 0 Å². The van der Waals surface area contributed by atoms with Crippen LogP contribution in [-0.2, 0) is 0 Å². The maximum Gasteiger partial charge on any atom is 0.0269 e. The number of rotatable bonds is 4. The number of nitrogens with one attached hydrogen (secondary N) is 1. The van der Waals surface area contributed by atoms with Gasteiger partial charge in [-0.15, -0.1) is 0 Å². The lowest BCUT2D eigenvalue weighted by Crippen LogP contribution is -2.23. The van der Waals surface area contributed by atoms with Gasteiger partial charge >= 0.3 is 0 Å². The third kappa shape index (κ3) is 3.42. The van der Waals surface area contributed by atoms with Crippen molar-refractivity contribution in [3.8, 4) is 0 Å². The summed E-state index contributed by atoms with van der Waals surface area (Å²) < 4.78 is 0. The predicted molar refractivity (Wildman–Crippen MR) is 48.5 cm³/mol. The molecular formula is C9H18N2. The van der Waals surface area contributed by atoms with Gasteiger partial charge in [0.05, 0.1) is 0 Å². The van der Waals surface area contributed by atoms with Gasteiger partial charge in [-0.2, -0.15) is 0 Å². The van der Waals surface area contributed by atoms with Crippen molar-refractivity contribution in [3.63, 3.8) is 0 Å². The van der Waals surface area contributed by atoms with Crippen LogP contribution in [0.3, 0.4) is 0 Å². The molecule has 0 aliphatic heterocycles. The first-order valence-corrected chi connectivity index (χ1v) is 4.35. The summed E-state index contributed by atoms with van der Waals surface area (Å²) in [5, 5.41) is 3.31. The topological polar surface area (TPSA) is 15.3 Å². The molecule has 0 heterocycles. The van der Waals surface area contributed by atoms with E-state index in [1.54, 1.807) is 5.57 Å². The van der Waals surface area contributed by atoms with Crippen molar-refractivity contribution in [2.24, 2.45) is 0 Å². The zero-order chi connectivity index (χ0) is 8.10. The quantitative estimate of drug-likeness (QED) is 0.612. The van der Waals surface area contributed by atoms with Crippen molar-refractivity contribution in [3.05, 3.63) is 11.8 Å². The first kappa shape index (κ1) is 8.60. The minimum atomic E-state index is 1.07. The molecule has 1 aliphatic carbocycles. The minimum Gasteiger partial charge on any atom is -0.390 e. The van der Waals surface area contributed by atoms with Gasteiger partial charge in [0.15, 0.2) is 0 Å². The predicted octanol–water partition coefficient (Wildman–Crippen LogP) is 1.21. The van der Waals surface area contributed by atoms with Crippen LogP contribution in [0.2, 0.25) is 0 Å². The Morgan fingerprint density at radius 3 is 2.64 bits per heavy atom. The molecule has 0 atom stereocenters. The molecule has 1 N–H and O–H groups in total. The highest BCUT2D eigenvalue weighted by molar-refractivity contribution is 5.07. The Morgan fingerprint density at radius 1 is 1.45 bits per heavy atom. The maximum absolute atomic E-state index is 3.31. The fourth-order valence-corrected chi connectivity index (χ4v) is 1.03. The Labute approximate surface area is 69.3 Å². The van der Waals surface area contributed by atoms with Gasteiger partial charge in [0, 0.05) is 13.1 Å². The van der Waals surface area contributed by atoms with E-state index in [4.69, 9.17) is 0 Å². The Kier molecular flexibility index (Phi) is 3.43. The molecule has 2 heteroatoms. The highest BCUT2D eigenvalue weighted by Gasteiger charge is 2.06. The van der Waals surface area contributed by atoms with Crippen LogP contribution in [0.5, 0.6) is 0 Å². The van der Waals surface area contributed by atoms with Crippen LogP contribution < -0.4 is 5.32 Å². The molecule has 0 aromatic heterocycles. The van der Waals surface area contributed by atoms with E-state index in [-0.39, 0.29) is 0 Å². The fraction of sp³-hybridized carbons (Fsp3) is 0.778. The second-order valence-corrected chi connectivity index (χ2v) is 3.41. The van der Waals surface area contributed by atoms with E-state index in [1.807, 2.05) is 0 Å². The smallest absolute Gasteiger partial charge is 0.0269 e. The van der Waals surface area contributed by atoms with Crippen LogP contribution in [0.15, 0.2) is 11.8 Å². The van der Waals surface area contributed by atoms with E-state index >= 15 is 0 Å². The molecule has 1 saturated carbocycles. The Balaban J connectivity index is 1.95. The SMILES string of the molecule is CN(C)CCNC=C1CCC1. The third-order valence-corrected chi connectivity index (χ3v) is 2.01. The van der Waals surface area contributed by atoms with Crippen molar-refractivity contribution >= 4 is 0 Å². The van der Waals surface area contributed by atoms with Crippen molar-refractivity contribution in [1.82, 2.24) is 10.2 Å². The van der Waals surface area contributed by atoms with Crippen LogP contribution in [0, 0.1) is 0 Å². The van der Waals surface area contributed by atoms with Crippen LogP contribution in [0.25, 0.3) is 0 Å². The first-order valence-electron chi connectivity index (χ1n) is 4.35. The van der Waals surface area contributed by atoms with Gasteiger partial charge in [-0.25, -0.2) is 0 Å². The van der Waals surface area contributed by atoms with Gasteiger partial charge < -0.3 is 10.2 Å². The lowest BCUT2D eigenvalue weighted by Gasteiger charge is -2.16. The molecule has 0 spiro atoms. The highest BCUT2D eigenvalue weighted by atomic mass is 15.1. The summed E-state index contributed by atoms with van der Waals surface area (Å²) >= 11 is 0. The van der Waals surface area contributed by atoms with Gasteiger partial charge in [-0.3, -0.25) is 0 Å². The van der Waals surface area contributed by atoms with E-state index in [2.05, 4.69) is 30.5 Å². The summed E-state index contributed by atoms with van der Waals surface area (Å²) in [4.78, 5) is 2.19. The molecular weight excluding hydrogens is 136 g/mol. The molecule has 0 aromatic carbocycles. The molecule has 64 valence electrons. The molecule has 0 amide bonds. The van der Waals surface area contributed by atoms with E-state index in [9.17, 15) is 0 Å². The molecule has 0 aromatic rings. The lowest BCUT2D eigenvalue weighted by molar-refractivity contribution is 0.409. The van der Waals surface area contributed by atoms with Crippen molar-refractivity contribution in [2.45, 2.75) is 19.3 Å². The minimum absolute atomic E-state index is 1.07. The van der Waals surface area contributed by atoms with Crippen molar-refractivity contribution in [2.75, 3.05) is 27.2 Å². The molecule has 0 unspecified atom stereocenters. The van der Waals surface area contributed by atoms with E-state index in [0.29, 0.717) is 0 Å². The molecule has 0 saturated heterocycles. The Hall–Kier alpha value is -0.500. The number of allylic oxidation sites excluding steroid dienone is 1.